The van der Waals surface area contributed by atoms with E-state index in [9.17, 15) is 0 Å². The van der Waals surface area contributed by atoms with E-state index in [2.05, 4.69) is 34.7 Å². The fraction of sp³-hybridized carbons (Fsp3) is 0.550. The van der Waals surface area contributed by atoms with E-state index in [0.717, 1.165) is 48.9 Å². The molecular weight excluding hydrogens is 314 g/mol. The zero-order chi connectivity index (χ0) is 17.7. The molecule has 1 atom stereocenters. The number of hydrogen-bond acceptors (Lipinski definition) is 3. The molecule has 1 aromatic heterocycles. The fourth-order valence-corrected chi connectivity index (χ4v) is 3.08. The number of para-hydroxylation sites is 1. The highest BCUT2D eigenvalue weighted by Crippen LogP contribution is 2.48. The van der Waals surface area contributed by atoms with E-state index in [4.69, 9.17) is 9.15 Å². The summed E-state index contributed by atoms with van der Waals surface area (Å²) in [6.45, 7) is 6.71. The maximum absolute atomic E-state index is 5.94. The minimum atomic E-state index is 0.0529. The van der Waals surface area contributed by atoms with Gasteiger partial charge in [0.1, 0.15) is 11.3 Å². The first kappa shape index (κ1) is 17.8. The van der Waals surface area contributed by atoms with Crippen LogP contribution in [0, 0.1) is 5.41 Å². The first-order valence-electron chi connectivity index (χ1n) is 9.19. The van der Waals surface area contributed by atoms with Crippen molar-refractivity contribution in [2.75, 3.05) is 26.8 Å². The summed E-state index contributed by atoms with van der Waals surface area (Å²) in [4.78, 5) is 4.36. The molecule has 2 N–H and O–H groups in total. The van der Waals surface area contributed by atoms with Crippen molar-refractivity contribution in [3.8, 4) is 0 Å². The van der Waals surface area contributed by atoms with Crippen molar-refractivity contribution in [1.29, 1.82) is 0 Å². The lowest BCUT2D eigenvalue weighted by Gasteiger charge is -2.20. The molecule has 0 aliphatic heterocycles. The van der Waals surface area contributed by atoms with Gasteiger partial charge in [0, 0.05) is 32.2 Å². The Bertz CT molecular complexity index is 686. The zero-order valence-electron chi connectivity index (χ0n) is 15.5. The molecule has 1 aliphatic rings. The third-order valence-electron chi connectivity index (χ3n) is 5.02. The smallest absolute Gasteiger partial charge is 0.191 e. The number of nitrogens with one attached hydrogen (secondary N) is 2. The average molecular weight is 343 g/mol. The highest BCUT2D eigenvalue weighted by Gasteiger charge is 2.42. The largest absolute Gasteiger partial charge is 0.459 e. The van der Waals surface area contributed by atoms with Crippen LogP contribution < -0.4 is 10.6 Å². The zero-order valence-corrected chi connectivity index (χ0v) is 15.5. The number of benzene rings is 1. The van der Waals surface area contributed by atoms with Crippen LogP contribution in [0.15, 0.2) is 39.7 Å². The summed E-state index contributed by atoms with van der Waals surface area (Å²) in [7, 11) is 1.81. The summed E-state index contributed by atoms with van der Waals surface area (Å²) in [5.41, 5.74) is 1.30. The molecule has 1 heterocycles. The molecule has 1 aromatic carbocycles. The van der Waals surface area contributed by atoms with Crippen LogP contribution in [0.4, 0.5) is 0 Å². The number of rotatable bonds is 8. The molecule has 1 saturated carbocycles. The second-order valence-electron chi connectivity index (χ2n) is 6.93. The summed E-state index contributed by atoms with van der Waals surface area (Å²) in [5.74, 6) is 1.73. The van der Waals surface area contributed by atoms with Gasteiger partial charge in [0.05, 0.1) is 6.04 Å². The van der Waals surface area contributed by atoms with E-state index in [-0.39, 0.29) is 6.04 Å². The van der Waals surface area contributed by atoms with Crippen LogP contribution in [-0.4, -0.2) is 32.8 Å². The van der Waals surface area contributed by atoms with Crippen LogP contribution >= 0.6 is 0 Å². The van der Waals surface area contributed by atoms with Gasteiger partial charge in [-0.25, -0.2) is 0 Å². The predicted molar refractivity (Wildman–Crippen MR) is 102 cm³/mol. The topological polar surface area (TPSA) is 58.8 Å². The first-order valence-corrected chi connectivity index (χ1v) is 9.19. The van der Waals surface area contributed by atoms with E-state index < -0.39 is 0 Å². The first-order chi connectivity index (χ1) is 12.2. The van der Waals surface area contributed by atoms with E-state index in [0.29, 0.717) is 5.41 Å². The van der Waals surface area contributed by atoms with Crippen LogP contribution in [0.1, 0.15) is 44.9 Å². The number of furan rings is 1. The average Bonchev–Trinajstić information content (AvgIpc) is 3.26. The Morgan fingerprint density at radius 1 is 1.36 bits per heavy atom. The Morgan fingerprint density at radius 2 is 2.16 bits per heavy atom. The molecule has 1 fully saturated rings. The highest BCUT2D eigenvalue weighted by molar-refractivity contribution is 5.81. The van der Waals surface area contributed by atoms with Gasteiger partial charge < -0.3 is 19.8 Å². The molecule has 0 radical (unpaired) electrons. The standard InChI is InChI=1S/C20H29N3O2/c1-4-24-12-11-20(9-10-20)14-22-19(21-3)23-15(2)18-13-16-7-5-6-8-17(16)25-18/h5-8,13,15H,4,9-12,14H2,1-3H3,(H2,21,22,23). The molecule has 0 spiro atoms. The number of fused-ring (bicyclic) bond motifs is 1. The summed E-state index contributed by atoms with van der Waals surface area (Å²) >= 11 is 0. The quantitative estimate of drug-likeness (QED) is 0.434. The molecule has 0 bridgehead atoms. The number of guanidine groups is 1. The molecular formula is C20H29N3O2. The number of nitrogens with zero attached hydrogens (tertiary/aromatic N) is 1. The minimum absolute atomic E-state index is 0.0529. The monoisotopic (exact) mass is 343 g/mol. The second-order valence-corrected chi connectivity index (χ2v) is 6.93. The van der Waals surface area contributed by atoms with Gasteiger partial charge >= 0.3 is 0 Å². The highest BCUT2D eigenvalue weighted by atomic mass is 16.5. The molecule has 3 rings (SSSR count). The molecule has 25 heavy (non-hydrogen) atoms. The maximum atomic E-state index is 5.94. The molecule has 1 aliphatic carbocycles. The third-order valence-corrected chi connectivity index (χ3v) is 5.02. The molecule has 1 unspecified atom stereocenters. The lowest BCUT2D eigenvalue weighted by molar-refractivity contribution is 0.128. The van der Waals surface area contributed by atoms with Gasteiger partial charge in [0.15, 0.2) is 5.96 Å². The van der Waals surface area contributed by atoms with Crippen LogP contribution in [0.3, 0.4) is 0 Å². The van der Waals surface area contributed by atoms with Gasteiger partial charge in [-0.2, -0.15) is 0 Å². The van der Waals surface area contributed by atoms with Crippen molar-refractivity contribution >= 4 is 16.9 Å². The van der Waals surface area contributed by atoms with Crippen LogP contribution in [0.5, 0.6) is 0 Å². The molecule has 5 nitrogen and oxygen atoms in total. The van der Waals surface area contributed by atoms with Crippen molar-refractivity contribution in [2.24, 2.45) is 10.4 Å². The molecule has 0 saturated heterocycles. The van der Waals surface area contributed by atoms with Crippen molar-refractivity contribution in [1.82, 2.24) is 10.6 Å². The van der Waals surface area contributed by atoms with Gasteiger partial charge in [-0.3, -0.25) is 4.99 Å². The summed E-state index contributed by atoms with van der Waals surface area (Å²) in [6.07, 6.45) is 3.65. The molecule has 5 heteroatoms. The molecule has 2 aromatic rings. The predicted octanol–water partition coefficient (Wildman–Crippen LogP) is 3.87. The van der Waals surface area contributed by atoms with Crippen molar-refractivity contribution < 1.29 is 9.15 Å². The Morgan fingerprint density at radius 3 is 2.84 bits per heavy atom. The minimum Gasteiger partial charge on any atom is -0.459 e. The van der Waals surface area contributed by atoms with Gasteiger partial charge in [-0.15, -0.1) is 0 Å². The normalized spacial score (nSPS) is 17.5. The Kier molecular flexibility index (Phi) is 5.63. The summed E-state index contributed by atoms with van der Waals surface area (Å²) < 4.78 is 11.4. The second kappa shape index (κ2) is 7.91. The Hall–Kier alpha value is -2.01. The molecule has 0 amide bonds. The van der Waals surface area contributed by atoms with Gasteiger partial charge in [0.2, 0.25) is 0 Å². The number of aliphatic imine (C=N–C) groups is 1. The summed E-state index contributed by atoms with van der Waals surface area (Å²) in [6, 6.07) is 10.2. The maximum Gasteiger partial charge on any atom is 0.191 e. The van der Waals surface area contributed by atoms with Crippen molar-refractivity contribution in [3.05, 3.63) is 36.1 Å². The SMILES string of the molecule is CCOCCC1(CNC(=NC)NC(C)c2cc3ccccc3o2)CC1. The van der Waals surface area contributed by atoms with Crippen LogP contribution in [0.25, 0.3) is 11.0 Å². The Labute approximate surface area is 149 Å². The number of hydrogen-bond donors (Lipinski definition) is 2. The lowest BCUT2D eigenvalue weighted by Crippen LogP contribution is -2.41. The van der Waals surface area contributed by atoms with Gasteiger partial charge in [-0.05, 0) is 50.7 Å². The van der Waals surface area contributed by atoms with Gasteiger partial charge in [0.25, 0.3) is 0 Å². The third kappa shape index (κ3) is 4.54. The summed E-state index contributed by atoms with van der Waals surface area (Å²) in [5, 5.41) is 8.03. The van der Waals surface area contributed by atoms with Crippen LogP contribution in [0.2, 0.25) is 0 Å². The number of ether oxygens (including phenoxy) is 1. The van der Waals surface area contributed by atoms with E-state index >= 15 is 0 Å². The van der Waals surface area contributed by atoms with Gasteiger partial charge in [-0.1, -0.05) is 18.2 Å². The van der Waals surface area contributed by atoms with E-state index in [1.165, 1.54) is 12.8 Å². The Balaban J connectivity index is 1.53. The fourth-order valence-electron chi connectivity index (χ4n) is 3.08. The lowest BCUT2D eigenvalue weighted by atomic mass is 10.0. The van der Waals surface area contributed by atoms with E-state index in [1.807, 2.05) is 25.1 Å². The van der Waals surface area contributed by atoms with Crippen molar-refractivity contribution in [2.45, 2.75) is 39.2 Å². The van der Waals surface area contributed by atoms with Crippen LogP contribution in [-0.2, 0) is 4.74 Å². The molecule has 136 valence electrons. The van der Waals surface area contributed by atoms with E-state index in [1.54, 1.807) is 7.05 Å². The van der Waals surface area contributed by atoms with Crippen molar-refractivity contribution in [3.63, 3.8) is 0 Å².